The normalized spacial score (nSPS) is 20.1. The zero-order valence-electron chi connectivity index (χ0n) is 24.0. The van der Waals surface area contributed by atoms with E-state index in [0.29, 0.717) is 26.3 Å². The average Bonchev–Trinajstić information content (AvgIpc) is 3.48. The fraction of sp³-hybridized carbons (Fsp3) is 0.667. The molecule has 1 saturated carbocycles. The second-order valence-corrected chi connectivity index (χ2v) is 12.0. The Hall–Kier alpha value is -2.78. The van der Waals surface area contributed by atoms with E-state index in [9.17, 15) is 9.59 Å². The predicted molar refractivity (Wildman–Crippen MR) is 151 cm³/mol. The van der Waals surface area contributed by atoms with E-state index in [4.69, 9.17) is 14.2 Å². The lowest BCUT2D eigenvalue weighted by atomic mass is 10.1. The summed E-state index contributed by atoms with van der Waals surface area (Å²) >= 11 is 0. The molecule has 2 aliphatic heterocycles. The van der Waals surface area contributed by atoms with Crippen molar-refractivity contribution in [1.82, 2.24) is 14.4 Å². The Morgan fingerprint density at radius 2 is 1.90 bits per heavy atom. The van der Waals surface area contributed by atoms with Crippen LogP contribution in [-0.4, -0.2) is 90.6 Å². The van der Waals surface area contributed by atoms with Crippen LogP contribution < -0.4 is 4.90 Å². The number of hydrogen-bond donors (Lipinski definition) is 0. The third-order valence-corrected chi connectivity index (χ3v) is 7.76. The van der Waals surface area contributed by atoms with Gasteiger partial charge in [-0.2, -0.15) is 0 Å². The second-order valence-electron chi connectivity index (χ2n) is 12.0. The van der Waals surface area contributed by atoms with Crippen LogP contribution in [-0.2, 0) is 32.1 Å². The van der Waals surface area contributed by atoms with Crippen molar-refractivity contribution < 1.29 is 23.8 Å². The van der Waals surface area contributed by atoms with E-state index in [-0.39, 0.29) is 18.5 Å². The molecule has 2 amide bonds. The van der Waals surface area contributed by atoms with Crippen molar-refractivity contribution in [1.29, 1.82) is 0 Å². The number of amides is 2. The molecule has 2 saturated heterocycles. The maximum Gasteiger partial charge on any atom is 0.410 e. The Balaban J connectivity index is 1.40. The van der Waals surface area contributed by atoms with E-state index in [2.05, 4.69) is 33.9 Å². The van der Waals surface area contributed by atoms with E-state index in [1.165, 1.54) is 35.0 Å². The van der Waals surface area contributed by atoms with Crippen molar-refractivity contribution in [3.63, 3.8) is 0 Å². The van der Waals surface area contributed by atoms with Crippen LogP contribution >= 0.6 is 0 Å². The summed E-state index contributed by atoms with van der Waals surface area (Å²) in [5.74, 6) is -0.0373. The van der Waals surface area contributed by atoms with Crippen molar-refractivity contribution in [3.05, 3.63) is 30.0 Å². The van der Waals surface area contributed by atoms with Crippen molar-refractivity contribution in [2.75, 3.05) is 51.4 Å². The van der Waals surface area contributed by atoms with E-state index < -0.39 is 17.8 Å². The molecule has 3 aliphatic rings. The third-order valence-electron chi connectivity index (χ3n) is 7.76. The SMILES string of the molecule is COCCCn1cc(CN(C(=O)[C@H]2CN(C(=O)OC(C)(C)C)CCO2)C2CC2)c2c(N3CCCC3)cccc21. The Bertz CT molecular complexity index is 1160. The van der Waals surface area contributed by atoms with Gasteiger partial charge in [0, 0.05) is 69.8 Å². The van der Waals surface area contributed by atoms with Crippen LogP contribution in [0.2, 0.25) is 0 Å². The first kappa shape index (κ1) is 27.8. The van der Waals surface area contributed by atoms with Crippen LogP contribution in [0.15, 0.2) is 24.4 Å². The molecule has 39 heavy (non-hydrogen) atoms. The van der Waals surface area contributed by atoms with Gasteiger partial charge in [-0.3, -0.25) is 4.79 Å². The van der Waals surface area contributed by atoms with Gasteiger partial charge >= 0.3 is 6.09 Å². The fourth-order valence-corrected chi connectivity index (χ4v) is 5.76. The van der Waals surface area contributed by atoms with E-state index in [1.807, 2.05) is 25.7 Å². The molecule has 0 N–H and O–H groups in total. The van der Waals surface area contributed by atoms with Gasteiger partial charge in [-0.15, -0.1) is 0 Å². The van der Waals surface area contributed by atoms with Crippen LogP contribution in [0.25, 0.3) is 10.9 Å². The molecule has 0 bridgehead atoms. The number of morpholine rings is 1. The summed E-state index contributed by atoms with van der Waals surface area (Å²) in [5.41, 5.74) is 3.06. The summed E-state index contributed by atoms with van der Waals surface area (Å²) in [7, 11) is 1.74. The lowest BCUT2D eigenvalue weighted by molar-refractivity contribution is -0.150. The van der Waals surface area contributed by atoms with Gasteiger partial charge in [-0.25, -0.2) is 4.79 Å². The number of carbonyl (C=O) groups excluding carboxylic acids is 2. The number of carbonyl (C=O) groups is 2. The van der Waals surface area contributed by atoms with Crippen molar-refractivity contribution >= 4 is 28.6 Å². The topological polar surface area (TPSA) is 76.5 Å². The largest absolute Gasteiger partial charge is 0.444 e. The average molecular weight is 541 g/mol. The first-order valence-electron chi connectivity index (χ1n) is 14.5. The van der Waals surface area contributed by atoms with Gasteiger partial charge in [0.15, 0.2) is 6.10 Å². The molecule has 2 aromatic rings. The summed E-state index contributed by atoms with van der Waals surface area (Å²) in [4.78, 5) is 32.7. The van der Waals surface area contributed by atoms with Gasteiger partial charge in [0.1, 0.15) is 5.60 Å². The van der Waals surface area contributed by atoms with Gasteiger partial charge in [-0.05, 0) is 70.6 Å². The standard InChI is InChI=1S/C30H44N4O5/c1-30(2,3)39-29(36)33-16-18-38-26(21-33)28(35)34(23-11-12-23)20-22-19-32(15-8-17-37-4)25-10-7-9-24(27(22)25)31-13-5-6-14-31/h7,9-10,19,23,26H,5-6,8,11-18,20-21H2,1-4H3/t26-/m1/s1. The first-order valence-corrected chi connectivity index (χ1v) is 14.5. The molecule has 3 fully saturated rings. The Kier molecular flexibility index (Phi) is 8.38. The minimum atomic E-state index is -0.681. The summed E-state index contributed by atoms with van der Waals surface area (Å²) in [6, 6.07) is 6.78. The summed E-state index contributed by atoms with van der Waals surface area (Å²) in [6.07, 6.45) is 6.50. The molecule has 9 heteroatoms. The highest BCUT2D eigenvalue weighted by Crippen LogP contribution is 2.37. The van der Waals surface area contributed by atoms with Gasteiger partial charge in [-0.1, -0.05) is 6.07 Å². The fourth-order valence-electron chi connectivity index (χ4n) is 5.76. The number of ether oxygens (including phenoxy) is 3. The molecule has 3 heterocycles. The smallest absolute Gasteiger partial charge is 0.410 e. The van der Waals surface area contributed by atoms with Crippen molar-refractivity contribution in [2.24, 2.45) is 0 Å². The van der Waals surface area contributed by atoms with E-state index >= 15 is 0 Å². The molecule has 214 valence electrons. The first-order chi connectivity index (χ1) is 18.7. The van der Waals surface area contributed by atoms with Crippen molar-refractivity contribution in [2.45, 2.75) is 83.7 Å². The number of rotatable bonds is 9. The van der Waals surface area contributed by atoms with Gasteiger partial charge in [0.05, 0.1) is 18.7 Å². The highest BCUT2D eigenvalue weighted by atomic mass is 16.6. The molecule has 0 spiro atoms. The lowest BCUT2D eigenvalue weighted by Gasteiger charge is -2.36. The number of fused-ring (bicyclic) bond motifs is 1. The maximum atomic E-state index is 13.9. The number of anilines is 1. The quantitative estimate of drug-likeness (QED) is 0.439. The van der Waals surface area contributed by atoms with Crippen LogP contribution in [0.4, 0.5) is 10.5 Å². The summed E-state index contributed by atoms with van der Waals surface area (Å²) in [5, 5.41) is 1.25. The minimum Gasteiger partial charge on any atom is -0.444 e. The Labute approximate surface area is 231 Å². The molecule has 1 aromatic carbocycles. The molecule has 0 radical (unpaired) electrons. The highest BCUT2D eigenvalue weighted by molar-refractivity contribution is 5.96. The lowest BCUT2D eigenvalue weighted by Crippen LogP contribution is -2.53. The molecule has 1 aromatic heterocycles. The number of hydrogen-bond acceptors (Lipinski definition) is 6. The zero-order chi connectivity index (χ0) is 27.6. The molecule has 5 rings (SSSR count). The number of benzene rings is 1. The van der Waals surface area contributed by atoms with Crippen LogP contribution in [0, 0.1) is 0 Å². The zero-order valence-corrected chi connectivity index (χ0v) is 24.0. The predicted octanol–water partition coefficient (Wildman–Crippen LogP) is 4.40. The minimum absolute atomic E-state index is 0.0373. The Morgan fingerprint density at radius 1 is 1.13 bits per heavy atom. The van der Waals surface area contributed by atoms with E-state index in [0.717, 1.165) is 38.9 Å². The summed E-state index contributed by atoms with van der Waals surface area (Å²) < 4.78 is 19.1. The molecule has 0 unspecified atom stereocenters. The Morgan fingerprint density at radius 3 is 2.59 bits per heavy atom. The van der Waals surface area contributed by atoms with Crippen LogP contribution in [0.3, 0.4) is 0 Å². The third kappa shape index (κ3) is 6.52. The van der Waals surface area contributed by atoms with Crippen molar-refractivity contribution in [3.8, 4) is 0 Å². The number of nitrogens with zero attached hydrogens (tertiary/aromatic N) is 4. The summed E-state index contributed by atoms with van der Waals surface area (Å²) in [6.45, 7) is 10.8. The number of aromatic nitrogens is 1. The second kappa shape index (κ2) is 11.8. The van der Waals surface area contributed by atoms with Crippen LogP contribution in [0.1, 0.15) is 58.4 Å². The van der Waals surface area contributed by atoms with E-state index in [1.54, 1.807) is 12.0 Å². The number of aryl methyl sites for hydroxylation is 1. The molecular formula is C30H44N4O5. The van der Waals surface area contributed by atoms with Crippen LogP contribution in [0.5, 0.6) is 0 Å². The maximum absolute atomic E-state index is 13.9. The monoisotopic (exact) mass is 540 g/mol. The molecule has 1 aliphatic carbocycles. The molecule has 9 nitrogen and oxygen atoms in total. The van der Waals surface area contributed by atoms with Gasteiger partial charge < -0.3 is 33.5 Å². The molecular weight excluding hydrogens is 496 g/mol. The molecule has 1 atom stereocenters. The number of methoxy groups -OCH3 is 1. The van der Waals surface area contributed by atoms with Gasteiger partial charge in [0.25, 0.3) is 5.91 Å². The van der Waals surface area contributed by atoms with Gasteiger partial charge in [0.2, 0.25) is 0 Å². The highest BCUT2D eigenvalue weighted by Gasteiger charge is 2.40.